The molecule has 1 atom stereocenters. The Kier molecular flexibility index (Phi) is 6.33. The van der Waals surface area contributed by atoms with Crippen molar-refractivity contribution in [3.63, 3.8) is 0 Å². The molecule has 3 saturated heterocycles. The van der Waals surface area contributed by atoms with Crippen LogP contribution in [-0.4, -0.2) is 85.9 Å². The third-order valence-electron chi connectivity index (χ3n) is 7.53. The van der Waals surface area contributed by atoms with Gasteiger partial charge in [0.05, 0.1) is 18.8 Å². The van der Waals surface area contributed by atoms with Gasteiger partial charge in [-0.2, -0.15) is 0 Å². The van der Waals surface area contributed by atoms with Crippen molar-refractivity contribution in [1.29, 1.82) is 0 Å². The maximum Gasteiger partial charge on any atom is 0.274 e. The van der Waals surface area contributed by atoms with Crippen LogP contribution in [0.2, 0.25) is 0 Å². The Bertz CT molecular complexity index is 1010. The van der Waals surface area contributed by atoms with Crippen LogP contribution in [0, 0.1) is 5.41 Å². The van der Waals surface area contributed by atoms with Gasteiger partial charge in [0.25, 0.3) is 5.91 Å². The molecule has 1 unspecified atom stereocenters. The number of hydrogen-bond donors (Lipinski definition) is 0. The van der Waals surface area contributed by atoms with E-state index in [0.29, 0.717) is 37.1 Å². The van der Waals surface area contributed by atoms with Gasteiger partial charge < -0.3 is 14.2 Å². The normalized spacial score (nSPS) is 22.7. The van der Waals surface area contributed by atoms with Crippen LogP contribution < -0.4 is 0 Å². The molecule has 0 bridgehead atoms. The van der Waals surface area contributed by atoms with Crippen LogP contribution in [0.1, 0.15) is 80.2 Å². The van der Waals surface area contributed by atoms with Crippen LogP contribution in [0.25, 0.3) is 0 Å². The highest BCUT2D eigenvalue weighted by Gasteiger charge is 2.49. The maximum absolute atomic E-state index is 13.0. The first-order valence-electron chi connectivity index (χ1n) is 12.3. The second-order valence-electron chi connectivity index (χ2n) is 10.2. The second-order valence-corrected chi connectivity index (χ2v) is 10.2. The Hall–Kier alpha value is -2.88. The van der Waals surface area contributed by atoms with Gasteiger partial charge in [0.2, 0.25) is 17.7 Å². The first kappa shape index (κ1) is 22.9. The molecule has 10 heteroatoms. The Labute approximate surface area is 199 Å². The molecule has 3 aliphatic heterocycles. The van der Waals surface area contributed by atoms with Crippen LogP contribution in [0.4, 0.5) is 0 Å². The second kappa shape index (κ2) is 9.40. The van der Waals surface area contributed by atoms with E-state index in [9.17, 15) is 9.59 Å². The third-order valence-corrected chi connectivity index (χ3v) is 7.53. The monoisotopic (exact) mass is 467 g/mol. The Morgan fingerprint density at radius 1 is 1.09 bits per heavy atom. The number of carbonyl (C=O) groups excluding carboxylic acids is 2. The molecular weight excluding hydrogens is 434 g/mol. The minimum absolute atomic E-state index is 0.0154. The molecule has 2 amide bonds. The van der Waals surface area contributed by atoms with Gasteiger partial charge in [-0.05, 0) is 37.5 Å². The SMILES string of the molecule is CC(C)c1nnc(C2CC3(CCN(C(=O)c4cnccn4)CC3)CN2CC(=O)N2CCCC2)o1. The van der Waals surface area contributed by atoms with Crippen molar-refractivity contribution in [2.24, 2.45) is 5.41 Å². The number of hydrogen-bond acceptors (Lipinski definition) is 8. The molecule has 5 heterocycles. The van der Waals surface area contributed by atoms with Gasteiger partial charge in [0.15, 0.2) is 0 Å². The first-order valence-corrected chi connectivity index (χ1v) is 12.3. The van der Waals surface area contributed by atoms with Gasteiger partial charge >= 0.3 is 0 Å². The molecule has 182 valence electrons. The van der Waals surface area contributed by atoms with Gasteiger partial charge in [-0.3, -0.25) is 19.5 Å². The highest BCUT2D eigenvalue weighted by atomic mass is 16.4. The zero-order chi connectivity index (χ0) is 23.7. The molecule has 2 aromatic rings. The fraction of sp³-hybridized carbons (Fsp3) is 0.667. The Morgan fingerprint density at radius 3 is 2.50 bits per heavy atom. The highest BCUT2D eigenvalue weighted by Crippen LogP contribution is 2.49. The smallest absolute Gasteiger partial charge is 0.274 e. The predicted molar refractivity (Wildman–Crippen MR) is 123 cm³/mol. The van der Waals surface area contributed by atoms with E-state index in [4.69, 9.17) is 4.42 Å². The lowest BCUT2D eigenvalue weighted by Gasteiger charge is -2.39. The van der Waals surface area contributed by atoms with Crippen molar-refractivity contribution < 1.29 is 14.0 Å². The molecule has 0 N–H and O–H groups in total. The molecule has 0 saturated carbocycles. The summed E-state index contributed by atoms with van der Waals surface area (Å²) in [6.45, 7) is 8.25. The predicted octanol–water partition coefficient (Wildman–Crippen LogP) is 2.27. The van der Waals surface area contributed by atoms with Crippen LogP contribution in [0.5, 0.6) is 0 Å². The number of aromatic nitrogens is 4. The third kappa shape index (κ3) is 4.55. The Morgan fingerprint density at radius 2 is 1.85 bits per heavy atom. The number of carbonyl (C=O) groups is 2. The van der Waals surface area contributed by atoms with Crippen LogP contribution in [-0.2, 0) is 4.79 Å². The fourth-order valence-electron chi connectivity index (χ4n) is 5.53. The van der Waals surface area contributed by atoms with Crippen LogP contribution >= 0.6 is 0 Å². The van der Waals surface area contributed by atoms with E-state index in [2.05, 4.69) is 25.1 Å². The molecule has 10 nitrogen and oxygen atoms in total. The number of amides is 2. The molecule has 34 heavy (non-hydrogen) atoms. The molecule has 0 aromatic carbocycles. The summed E-state index contributed by atoms with van der Waals surface area (Å²) in [6, 6.07) is -0.0752. The lowest BCUT2D eigenvalue weighted by Crippen LogP contribution is -2.45. The van der Waals surface area contributed by atoms with Crippen LogP contribution in [0.3, 0.4) is 0 Å². The standard InChI is InChI=1S/C24H33N7O3/c1-17(2)21-27-28-22(34-21)19-13-24(16-31(19)15-20(32)29-9-3-4-10-29)5-11-30(12-6-24)23(33)18-14-25-7-8-26-18/h7-8,14,17,19H,3-6,9-13,15-16H2,1-2H3. The molecule has 2 aromatic heterocycles. The molecule has 3 aliphatic rings. The van der Waals surface area contributed by atoms with Crippen molar-refractivity contribution in [1.82, 2.24) is 34.9 Å². The number of piperidine rings is 1. The summed E-state index contributed by atoms with van der Waals surface area (Å²) in [5.74, 6) is 1.50. The lowest BCUT2D eigenvalue weighted by atomic mass is 9.76. The first-order chi connectivity index (χ1) is 16.4. The summed E-state index contributed by atoms with van der Waals surface area (Å²) < 4.78 is 6.05. The van der Waals surface area contributed by atoms with Gasteiger partial charge in [0, 0.05) is 51.0 Å². The average Bonchev–Trinajstić information content (AvgIpc) is 3.60. The van der Waals surface area contributed by atoms with Gasteiger partial charge in [0.1, 0.15) is 5.69 Å². The van der Waals surface area contributed by atoms with E-state index in [1.54, 1.807) is 12.4 Å². The van der Waals surface area contributed by atoms with Crippen LogP contribution in [0.15, 0.2) is 23.0 Å². The topological polar surface area (TPSA) is 109 Å². The van der Waals surface area contributed by atoms with E-state index in [-0.39, 0.29) is 29.2 Å². The zero-order valence-electron chi connectivity index (χ0n) is 20.0. The van der Waals surface area contributed by atoms with E-state index in [1.807, 2.05) is 23.6 Å². The van der Waals surface area contributed by atoms with Crippen molar-refractivity contribution in [3.8, 4) is 0 Å². The van der Waals surface area contributed by atoms with E-state index < -0.39 is 0 Å². The summed E-state index contributed by atoms with van der Waals surface area (Å²) in [4.78, 5) is 40.1. The summed E-state index contributed by atoms with van der Waals surface area (Å²) in [5.41, 5.74) is 0.398. The molecule has 3 fully saturated rings. The minimum Gasteiger partial charge on any atom is -0.423 e. The number of likely N-dealkylation sites (tertiary alicyclic amines) is 3. The van der Waals surface area contributed by atoms with E-state index >= 15 is 0 Å². The number of nitrogens with zero attached hydrogens (tertiary/aromatic N) is 7. The quantitative estimate of drug-likeness (QED) is 0.659. The van der Waals surface area contributed by atoms with Gasteiger partial charge in [-0.1, -0.05) is 13.8 Å². The van der Waals surface area contributed by atoms with E-state index in [1.165, 1.54) is 6.20 Å². The van der Waals surface area contributed by atoms with Crippen molar-refractivity contribution in [3.05, 3.63) is 36.1 Å². The van der Waals surface area contributed by atoms with Gasteiger partial charge in [-0.15, -0.1) is 10.2 Å². The summed E-state index contributed by atoms with van der Waals surface area (Å²) in [7, 11) is 0. The average molecular weight is 468 g/mol. The summed E-state index contributed by atoms with van der Waals surface area (Å²) >= 11 is 0. The Balaban J connectivity index is 1.31. The van der Waals surface area contributed by atoms with Gasteiger partial charge in [-0.25, -0.2) is 4.98 Å². The molecular formula is C24H33N7O3. The van der Waals surface area contributed by atoms with Crippen molar-refractivity contribution >= 4 is 11.8 Å². The number of rotatable bonds is 5. The summed E-state index contributed by atoms with van der Waals surface area (Å²) in [6.07, 6.45) is 9.39. The molecule has 1 spiro atoms. The fourth-order valence-corrected chi connectivity index (χ4v) is 5.53. The lowest BCUT2D eigenvalue weighted by molar-refractivity contribution is -0.131. The van der Waals surface area contributed by atoms with Crippen molar-refractivity contribution in [2.45, 2.75) is 57.9 Å². The largest absolute Gasteiger partial charge is 0.423 e. The summed E-state index contributed by atoms with van der Waals surface area (Å²) in [5, 5.41) is 8.62. The molecule has 0 radical (unpaired) electrons. The zero-order valence-corrected chi connectivity index (χ0v) is 20.0. The highest BCUT2D eigenvalue weighted by molar-refractivity contribution is 5.92. The van der Waals surface area contributed by atoms with E-state index in [0.717, 1.165) is 51.7 Å². The maximum atomic E-state index is 13.0. The van der Waals surface area contributed by atoms with Crippen molar-refractivity contribution in [2.75, 3.05) is 39.3 Å². The minimum atomic E-state index is -0.0752. The molecule has 0 aliphatic carbocycles. The molecule has 5 rings (SSSR count).